The van der Waals surface area contributed by atoms with Crippen molar-refractivity contribution in [3.63, 3.8) is 0 Å². The van der Waals surface area contributed by atoms with E-state index in [1.54, 1.807) is 0 Å². The molecule has 0 bridgehead atoms. The van der Waals surface area contributed by atoms with Crippen LogP contribution in [0.3, 0.4) is 0 Å². The van der Waals surface area contributed by atoms with Gasteiger partial charge in [-0.25, -0.2) is 0 Å². The lowest BCUT2D eigenvalue weighted by Crippen LogP contribution is -2.53. The zero-order valence-electron chi connectivity index (χ0n) is 11.3. The molecule has 0 unspecified atom stereocenters. The van der Waals surface area contributed by atoms with Crippen molar-refractivity contribution in [2.45, 2.75) is 52.0 Å². The van der Waals surface area contributed by atoms with Crippen LogP contribution < -0.4 is 5.32 Å². The Morgan fingerprint density at radius 3 is 2.53 bits per heavy atom. The number of Topliss-reactive ketones (excluding diaryl/α,β-unsaturated/α-hetero) is 1. The first-order valence-corrected chi connectivity index (χ1v) is 6.59. The van der Waals surface area contributed by atoms with Gasteiger partial charge < -0.3 is 5.32 Å². The number of hydrogen-bond acceptors (Lipinski definition) is 3. The molecular formula is C14H24N2O. The van der Waals surface area contributed by atoms with Crippen molar-refractivity contribution in [2.75, 3.05) is 13.2 Å². The summed E-state index contributed by atoms with van der Waals surface area (Å²) < 4.78 is 0. The Bertz CT molecular complexity index is 323. The van der Waals surface area contributed by atoms with Crippen LogP contribution in [-0.4, -0.2) is 29.4 Å². The van der Waals surface area contributed by atoms with Crippen molar-refractivity contribution >= 4 is 5.78 Å². The molecule has 2 aliphatic rings. The van der Waals surface area contributed by atoms with Gasteiger partial charge in [0, 0.05) is 24.9 Å². The number of hydrogen-bond donors (Lipinski definition) is 1. The average molecular weight is 236 g/mol. The van der Waals surface area contributed by atoms with Gasteiger partial charge in [0.25, 0.3) is 0 Å². The lowest BCUT2D eigenvalue weighted by atomic mass is 9.74. The molecule has 1 saturated carbocycles. The fourth-order valence-corrected chi connectivity index (χ4v) is 2.75. The zero-order valence-corrected chi connectivity index (χ0v) is 11.3. The third kappa shape index (κ3) is 2.89. The van der Waals surface area contributed by atoms with E-state index in [4.69, 9.17) is 0 Å². The van der Waals surface area contributed by atoms with E-state index in [2.05, 4.69) is 37.1 Å². The van der Waals surface area contributed by atoms with Crippen LogP contribution >= 0.6 is 0 Å². The summed E-state index contributed by atoms with van der Waals surface area (Å²) in [5, 5.41) is 3.28. The molecule has 0 aromatic heterocycles. The minimum absolute atomic E-state index is 0.121. The van der Waals surface area contributed by atoms with Crippen LogP contribution in [0.15, 0.2) is 12.3 Å². The molecule has 1 aliphatic heterocycles. The fourth-order valence-electron chi connectivity index (χ4n) is 2.75. The van der Waals surface area contributed by atoms with E-state index in [1.807, 2.05) is 6.20 Å². The number of rotatable bonds is 2. The summed E-state index contributed by atoms with van der Waals surface area (Å²) in [4.78, 5) is 13.8. The van der Waals surface area contributed by atoms with E-state index < -0.39 is 0 Å². The van der Waals surface area contributed by atoms with E-state index in [9.17, 15) is 4.79 Å². The Morgan fingerprint density at radius 2 is 1.94 bits per heavy atom. The molecule has 0 radical (unpaired) electrons. The van der Waals surface area contributed by atoms with Gasteiger partial charge in [0.15, 0.2) is 0 Å². The van der Waals surface area contributed by atoms with Crippen molar-refractivity contribution in [3.8, 4) is 0 Å². The Morgan fingerprint density at radius 1 is 1.29 bits per heavy atom. The maximum Gasteiger partial charge on any atom is 0.132 e. The SMILES string of the molecule is CC1(CN2CNC=CC2(C)C)CCC(=O)CC1. The van der Waals surface area contributed by atoms with Gasteiger partial charge in [0.2, 0.25) is 0 Å². The molecule has 0 spiro atoms. The molecule has 1 fully saturated rings. The van der Waals surface area contributed by atoms with E-state index in [1.165, 1.54) is 0 Å². The normalized spacial score (nSPS) is 27.8. The van der Waals surface area contributed by atoms with Gasteiger partial charge in [-0.3, -0.25) is 9.69 Å². The average Bonchev–Trinajstić information content (AvgIpc) is 2.26. The molecule has 0 atom stereocenters. The molecule has 1 aliphatic carbocycles. The summed E-state index contributed by atoms with van der Waals surface area (Å²) in [5.41, 5.74) is 0.424. The van der Waals surface area contributed by atoms with Crippen LogP contribution in [0.1, 0.15) is 46.5 Å². The molecule has 3 nitrogen and oxygen atoms in total. The van der Waals surface area contributed by atoms with Crippen molar-refractivity contribution in [2.24, 2.45) is 5.41 Å². The molecule has 0 amide bonds. The Labute approximate surface area is 104 Å². The maximum absolute atomic E-state index is 11.3. The molecular weight excluding hydrogens is 212 g/mol. The smallest absolute Gasteiger partial charge is 0.132 e. The first-order valence-electron chi connectivity index (χ1n) is 6.59. The molecule has 1 heterocycles. The van der Waals surface area contributed by atoms with Gasteiger partial charge in [-0.1, -0.05) is 6.92 Å². The lowest BCUT2D eigenvalue weighted by molar-refractivity contribution is -0.122. The lowest BCUT2D eigenvalue weighted by Gasteiger charge is -2.45. The molecule has 17 heavy (non-hydrogen) atoms. The van der Waals surface area contributed by atoms with Crippen LogP contribution in [-0.2, 0) is 4.79 Å². The summed E-state index contributed by atoms with van der Waals surface area (Å²) in [5.74, 6) is 0.443. The van der Waals surface area contributed by atoms with Crippen LogP contribution in [0.4, 0.5) is 0 Å². The van der Waals surface area contributed by atoms with E-state index in [0.717, 1.165) is 38.9 Å². The quantitative estimate of drug-likeness (QED) is 0.798. The van der Waals surface area contributed by atoms with Gasteiger partial charge >= 0.3 is 0 Å². The molecule has 0 saturated heterocycles. The highest BCUT2D eigenvalue weighted by atomic mass is 16.1. The van der Waals surface area contributed by atoms with E-state index in [0.29, 0.717) is 11.2 Å². The molecule has 0 aromatic rings. The van der Waals surface area contributed by atoms with Gasteiger partial charge in [-0.15, -0.1) is 0 Å². The van der Waals surface area contributed by atoms with Crippen LogP contribution in [0.2, 0.25) is 0 Å². The molecule has 96 valence electrons. The summed E-state index contributed by atoms with van der Waals surface area (Å²) in [7, 11) is 0. The number of carbonyl (C=O) groups is 1. The van der Waals surface area contributed by atoms with Gasteiger partial charge in [-0.2, -0.15) is 0 Å². The second kappa shape index (κ2) is 4.45. The maximum atomic E-state index is 11.3. The molecule has 1 N–H and O–H groups in total. The third-order valence-electron chi connectivity index (χ3n) is 4.29. The number of ketones is 1. The topological polar surface area (TPSA) is 32.3 Å². The largest absolute Gasteiger partial charge is 0.378 e. The summed E-state index contributed by atoms with van der Waals surface area (Å²) in [6.07, 6.45) is 7.89. The van der Waals surface area contributed by atoms with Crippen molar-refractivity contribution < 1.29 is 4.79 Å². The van der Waals surface area contributed by atoms with Gasteiger partial charge in [-0.05, 0) is 44.4 Å². The summed E-state index contributed by atoms with van der Waals surface area (Å²) in [6.45, 7) is 8.81. The number of carbonyl (C=O) groups excluding carboxylic acids is 1. The van der Waals surface area contributed by atoms with Crippen LogP contribution in [0.25, 0.3) is 0 Å². The van der Waals surface area contributed by atoms with Crippen LogP contribution in [0, 0.1) is 5.41 Å². The molecule has 3 heteroatoms. The monoisotopic (exact) mass is 236 g/mol. The van der Waals surface area contributed by atoms with Crippen molar-refractivity contribution in [3.05, 3.63) is 12.3 Å². The van der Waals surface area contributed by atoms with Crippen molar-refractivity contribution in [1.29, 1.82) is 0 Å². The highest BCUT2D eigenvalue weighted by molar-refractivity contribution is 5.79. The Kier molecular flexibility index (Phi) is 3.30. The second-order valence-corrected chi connectivity index (χ2v) is 6.40. The highest BCUT2D eigenvalue weighted by Gasteiger charge is 2.36. The third-order valence-corrected chi connectivity index (χ3v) is 4.29. The van der Waals surface area contributed by atoms with E-state index in [-0.39, 0.29) is 5.54 Å². The van der Waals surface area contributed by atoms with Crippen molar-refractivity contribution in [1.82, 2.24) is 10.2 Å². The summed E-state index contributed by atoms with van der Waals surface area (Å²) in [6, 6.07) is 0. The fraction of sp³-hybridized carbons (Fsp3) is 0.786. The summed E-state index contributed by atoms with van der Waals surface area (Å²) >= 11 is 0. The predicted octanol–water partition coefficient (Wildman–Crippen LogP) is 2.29. The number of nitrogens with zero attached hydrogens (tertiary/aromatic N) is 1. The molecule has 0 aromatic carbocycles. The molecule has 2 rings (SSSR count). The minimum atomic E-state index is 0.121. The Balaban J connectivity index is 2.00. The minimum Gasteiger partial charge on any atom is -0.378 e. The highest BCUT2D eigenvalue weighted by Crippen LogP contribution is 2.36. The first-order chi connectivity index (χ1) is 7.91. The second-order valence-electron chi connectivity index (χ2n) is 6.40. The van der Waals surface area contributed by atoms with Crippen LogP contribution in [0.5, 0.6) is 0 Å². The van der Waals surface area contributed by atoms with E-state index >= 15 is 0 Å². The first kappa shape index (κ1) is 12.6. The zero-order chi connectivity index (χ0) is 12.5. The number of nitrogens with one attached hydrogen (secondary N) is 1. The predicted molar refractivity (Wildman–Crippen MR) is 69.5 cm³/mol. The van der Waals surface area contributed by atoms with Gasteiger partial charge in [0.05, 0.1) is 6.67 Å². The van der Waals surface area contributed by atoms with Gasteiger partial charge in [0.1, 0.15) is 5.78 Å². The standard InChI is InChI=1S/C14H24N2O/c1-13(2)8-9-15-11-16(13)10-14(3)6-4-12(17)5-7-14/h8-9,15H,4-7,10-11H2,1-3H3. The Hall–Kier alpha value is -0.830.